The van der Waals surface area contributed by atoms with Crippen molar-refractivity contribution >= 4 is 12.1 Å². The summed E-state index contributed by atoms with van der Waals surface area (Å²) < 4.78 is 37.0. The molecule has 0 spiro atoms. The Morgan fingerprint density at radius 3 is 2.55 bits per heavy atom. The minimum Gasteiger partial charge on any atom is -0.463 e. The average molecular weight is 291 g/mol. The Hall–Kier alpha value is -1.66. The molecule has 1 aliphatic carbocycles. The molecule has 0 radical (unpaired) electrons. The highest BCUT2D eigenvalue weighted by atomic mass is 19.3. The first-order valence-electron chi connectivity index (χ1n) is 6.31. The van der Waals surface area contributed by atoms with Crippen molar-refractivity contribution in [2.75, 3.05) is 6.61 Å². The van der Waals surface area contributed by atoms with Crippen molar-refractivity contribution in [2.45, 2.75) is 51.7 Å². The molecule has 0 saturated carbocycles. The summed E-state index contributed by atoms with van der Waals surface area (Å²) in [4.78, 5) is 22.9. The van der Waals surface area contributed by atoms with Crippen molar-refractivity contribution in [1.29, 1.82) is 0 Å². The van der Waals surface area contributed by atoms with Crippen LogP contribution in [0, 0.1) is 0 Å². The van der Waals surface area contributed by atoms with Gasteiger partial charge in [-0.3, -0.25) is 0 Å². The molecule has 0 saturated heterocycles. The fourth-order valence-electron chi connectivity index (χ4n) is 1.71. The largest absolute Gasteiger partial charge is 0.463 e. The van der Waals surface area contributed by atoms with E-state index in [2.05, 4.69) is 10.1 Å². The number of amides is 1. The Bertz CT molecular complexity index is 427. The molecule has 0 fully saturated rings. The fourth-order valence-corrected chi connectivity index (χ4v) is 1.71. The number of carbonyl (C=O) groups excluding carboxylic acids is 2. The molecule has 1 rings (SSSR count). The standard InChI is InChI=1S/C13H19F2NO4/c1-5-19-10(17)8-6-9(13(14,15)7-8)16-11(18)20-12(2,3)4/h7,9H,5-6H2,1-4H3,(H,16,18). The summed E-state index contributed by atoms with van der Waals surface area (Å²) in [7, 11) is 0. The van der Waals surface area contributed by atoms with Gasteiger partial charge in [-0.1, -0.05) is 0 Å². The number of carbonyl (C=O) groups is 2. The van der Waals surface area contributed by atoms with Crippen molar-refractivity contribution in [3.8, 4) is 0 Å². The first-order valence-corrected chi connectivity index (χ1v) is 6.31. The number of nitrogens with one attached hydrogen (secondary N) is 1. The Labute approximate surface area is 116 Å². The Morgan fingerprint density at radius 1 is 1.45 bits per heavy atom. The predicted molar refractivity (Wildman–Crippen MR) is 67.4 cm³/mol. The van der Waals surface area contributed by atoms with Gasteiger partial charge in [0.05, 0.1) is 6.61 Å². The quantitative estimate of drug-likeness (QED) is 0.811. The number of rotatable bonds is 3. The topological polar surface area (TPSA) is 64.6 Å². The summed E-state index contributed by atoms with van der Waals surface area (Å²) >= 11 is 0. The second kappa shape index (κ2) is 5.76. The highest BCUT2D eigenvalue weighted by molar-refractivity contribution is 5.89. The zero-order chi connectivity index (χ0) is 15.6. The van der Waals surface area contributed by atoms with Gasteiger partial charge in [-0.15, -0.1) is 0 Å². The Balaban J connectivity index is 2.67. The van der Waals surface area contributed by atoms with E-state index in [1.165, 1.54) is 0 Å². The summed E-state index contributed by atoms with van der Waals surface area (Å²) in [6, 6.07) is -1.50. The number of alkyl carbamates (subject to hydrolysis) is 1. The van der Waals surface area contributed by atoms with Gasteiger partial charge >= 0.3 is 12.1 Å². The lowest BCUT2D eigenvalue weighted by Gasteiger charge is -2.24. The van der Waals surface area contributed by atoms with Gasteiger partial charge in [0.15, 0.2) is 0 Å². The molecule has 1 amide bonds. The lowest BCUT2D eigenvalue weighted by molar-refractivity contribution is -0.138. The SMILES string of the molecule is CCOC(=O)C1=CC(F)(F)C(NC(=O)OC(C)(C)C)C1. The minimum atomic E-state index is -3.31. The summed E-state index contributed by atoms with van der Waals surface area (Å²) in [5.41, 5.74) is -0.923. The minimum absolute atomic E-state index is 0.103. The maximum atomic E-state index is 13.7. The van der Waals surface area contributed by atoms with Gasteiger partial charge in [0.25, 0.3) is 5.92 Å². The van der Waals surface area contributed by atoms with Gasteiger partial charge in [-0.05, 0) is 33.8 Å². The molecule has 0 aliphatic heterocycles. The lowest BCUT2D eigenvalue weighted by atomic mass is 10.1. The van der Waals surface area contributed by atoms with Crippen LogP contribution in [0.1, 0.15) is 34.1 Å². The molecule has 1 N–H and O–H groups in total. The van der Waals surface area contributed by atoms with Crippen LogP contribution in [0.25, 0.3) is 0 Å². The lowest BCUT2D eigenvalue weighted by Crippen LogP contribution is -2.46. The third kappa shape index (κ3) is 4.47. The highest BCUT2D eigenvalue weighted by Gasteiger charge is 2.46. The smallest absolute Gasteiger partial charge is 0.408 e. The third-order valence-corrected chi connectivity index (χ3v) is 2.48. The predicted octanol–water partition coefficient (Wildman–Crippen LogP) is 2.41. The van der Waals surface area contributed by atoms with Crippen LogP contribution < -0.4 is 5.32 Å². The van der Waals surface area contributed by atoms with E-state index in [0.29, 0.717) is 6.08 Å². The number of halogens is 2. The zero-order valence-corrected chi connectivity index (χ0v) is 12.0. The molecular weight excluding hydrogens is 272 g/mol. The van der Waals surface area contributed by atoms with Gasteiger partial charge < -0.3 is 14.8 Å². The Morgan fingerprint density at radius 2 is 2.05 bits per heavy atom. The monoisotopic (exact) mass is 291 g/mol. The van der Waals surface area contributed by atoms with Crippen molar-refractivity contribution in [1.82, 2.24) is 5.32 Å². The molecule has 0 aromatic carbocycles. The first-order chi connectivity index (χ1) is 9.05. The number of hydrogen-bond acceptors (Lipinski definition) is 4. The van der Waals surface area contributed by atoms with Gasteiger partial charge in [-0.2, -0.15) is 8.78 Å². The van der Waals surface area contributed by atoms with Crippen LogP contribution in [-0.4, -0.2) is 36.2 Å². The molecule has 0 heterocycles. The zero-order valence-electron chi connectivity index (χ0n) is 12.0. The maximum absolute atomic E-state index is 13.7. The maximum Gasteiger partial charge on any atom is 0.408 e. The summed E-state index contributed by atoms with van der Waals surface area (Å²) in [6.07, 6.45) is -0.696. The molecule has 114 valence electrons. The second-order valence-electron chi connectivity index (χ2n) is 5.47. The van der Waals surface area contributed by atoms with Crippen LogP contribution in [0.2, 0.25) is 0 Å². The number of hydrogen-bond donors (Lipinski definition) is 1. The number of esters is 1. The van der Waals surface area contributed by atoms with Gasteiger partial charge in [0.2, 0.25) is 0 Å². The molecule has 0 aromatic rings. The van der Waals surface area contributed by atoms with E-state index in [9.17, 15) is 18.4 Å². The van der Waals surface area contributed by atoms with E-state index < -0.39 is 29.6 Å². The van der Waals surface area contributed by atoms with Crippen LogP contribution >= 0.6 is 0 Å². The summed E-state index contributed by atoms with van der Waals surface area (Å²) in [6.45, 7) is 6.57. The molecule has 1 atom stereocenters. The van der Waals surface area contributed by atoms with Gasteiger partial charge in [-0.25, -0.2) is 9.59 Å². The second-order valence-corrected chi connectivity index (χ2v) is 5.47. The van der Waals surface area contributed by atoms with E-state index in [1.807, 2.05) is 0 Å². The summed E-state index contributed by atoms with van der Waals surface area (Å²) in [5.74, 6) is -4.10. The normalized spacial score (nSPS) is 21.1. The average Bonchev–Trinajstić information content (AvgIpc) is 2.52. The molecular formula is C13H19F2NO4. The molecule has 1 aliphatic rings. The van der Waals surface area contributed by atoms with E-state index in [0.717, 1.165) is 0 Å². The molecule has 1 unspecified atom stereocenters. The van der Waals surface area contributed by atoms with Crippen LogP contribution in [0.3, 0.4) is 0 Å². The molecule has 0 bridgehead atoms. The van der Waals surface area contributed by atoms with Crippen molar-refractivity contribution in [3.63, 3.8) is 0 Å². The van der Waals surface area contributed by atoms with Crippen LogP contribution in [0.4, 0.5) is 13.6 Å². The molecule has 0 aromatic heterocycles. The van der Waals surface area contributed by atoms with Crippen molar-refractivity contribution < 1.29 is 27.8 Å². The van der Waals surface area contributed by atoms with Crippen LogP contribution in [0.5, 0.6) is 0 Å². The van der Waals surface area contributed by atoms with Crippen LogP contribution in [0.15, 0.2) is 11.6 Å². The van der Waals surface area contributed by atoms with Crippen LogP contribution in [-0.2, 0) is 14.3 Å². The highest BCUT2D eigenvalue weighted by Crippen LogP contribution is 2.34. The van der Waals surface area contributed by atoms with Gasteiger partial charge in [0, 0.05) is 12.0 Å². The first kappa shape index (κ1) is 16.4. The molecule has 20 heavy (non-hydrogen) atoms. The van der Waals surface area contributed by atoms with E-state index in [4.69, 9.17) is 4.74 Å². The van der Waals surface area contributed by atoms with Crippen molar-refractivity contribution in [2.24, 2.45) is 0 Å². The molecule has 7 heteroatoms. The van der Waals surface area contributed by atoms with E-state index >= 15 is 0 Å². The van der Waals surface area contributed by atoms with E-state index in [-0.39, 0.29) is 18.6 Å². The number of alkyl halides is 2. The van der Waals surface area contributed by atoms with Crippen molar-refractivity contribution in [3.05, 3.63) is 11.6 Å². The third-order valence-electron chi connectivity index (χ3n) is 2.48. The Kier molecular flexibility index (Phi) is 4.73. The van der Waals surface area contributed by atoms with Gasteiger partial charge in [0.1, 0.15) is 11.6 Å². The fraction of sp³-hybridized carbons (Fsp3) is 0.692. The number of ether oxygens (including phenoxy) is 2. The van der Waals surface area contributed by atoms with E-state index in [1.54, 1.807) is 27.7 Å². The molecule has 5 nitrogen and oxygen atoms in total. The summed E-state index contributed by atoms with van der Waals surface area (Å²) in [5, 5.41) is 2.08.